The lowest BCUT2D eigenvalue weighted by Crippen LogP contribution is -2.46. The van der Waals surface area contributed by atoms with Crippen LogP contribution in [0.3, 0.4) is 0 Å². The molecule has 152 valence electrons. The molecule has 1 aromatic carbocycles. The van der Waals surface area contributed by atoms with Gasteiger partial charge in [-0.1, -0.05) is 23.2 Å². The fourth-order valence-corrected chi connectivity index (χ4v) is 3.90. The Kier molecular flexibility index (Phi) is 7.45. The highest BCUT2D eigenvalue weighted by Crippen LogP contribution is 2.26. The fraction of sp³-hybridized carbons (Fsp3) is 0.500. The van der Waals surface area contributed by atoms with Crippen molar-refractivity contribution < 1.29 is 4.74 Å². The summed E-state index contributed by atoms with van der Waals surface area (Å²) in [7, 11) is 3.77. The third kappa shape index (κ3) is 6.04. The average Bonchev–Trinajstić information content (AvgIpc) is 3.08. The summed E-state index contributed by atoms with van der Waals surface area (Å²) in [6.45, 7) is 3.46. The number of halogens is 2. The van der Waals surface area contributed by atoms with E-state index >= 15 is 0 Å². The molecule has 0 bridgehead atoms. The summed E-state index contributed by atoms with van der Waals surface area (Å²) in [4.78, 5) is 6.75. The van der Waals surface area contributed by atoms with E-state index in [2.05, 4.69) is 20.3 Å². The first kappa shape index (κ1) is 20.8. The van der Waals surface area contributed by atoms with Crippen molar-refractivity contribution in [2.45, 2.75) is 19.3 Å². The second kappa shape index (κ2) is 10.0. The molecule has 0 saturated carbocycles. The zero-order chi connectivity index (χ0) is 19.9. The third-order valence-electron chi connectivity index (χ3n) is 4.90. The van der Waals surface area contributed by atoms with Crippen LogP contribution in [0, 0.1) is 5.92 Å². The van der Waals surface area contributed by atoms with Crippen molar-refractivity contribution in [3.63, 3.8) is 0 Å². The maximum atomic E-state index is 6.03. The van der Waals surface area contributed by atoms with E-state index in [4.69, 9.17) is 27.9 Å². The number of aryl methyl sites for hydroxylation is 1. The van der Waals surface area contributed by atoms with Crippen molar-refractivity contribution >= 4 is 29.2 Å². The Hall–Kier alpha value is -1.92. The van der Waals surface area contributed by atoms with Gasteiger partial charge < -0.3 is 15.0 Å². The predicted molar refractivity (Wildman–Crippen MR) is 115 cm³/mol. The van der Waals surface area contributed by atoms with Crippen molar-refractivity contribution in [2.24, 2.45) is 18.0 Å². The molecule has 8 heteroatoms. The maximum Gasteiger partial charge on any atom is 0.193 e. The van der Waals surface area contributed by atoms with Crippen LogP contribution in [0.15, 0.2) is 35.6 Å². The SMILES string of the molecule is CN=C(NCCc1cnn(C)c1)N1CCC(COc2cc(Cl)cc(Cl)c2)CC1. The van der Waals surface area contributed by atoms with Crippen molar-refractivity contribution in [1.29, 1.82) is 0 Å². The van der Waals surface area contributed by atoms with Crippen LogP contribution >= 0.6 is 23.2 Å². The van der Waals surface area contributed by atoms with Crippen LogP contribution in [0.2, 0.25) is 10.0 Å². The number of nitrogens with zero attached hydrogens (tertiary/aromatic N) is 4. The van der Waals surface area contributed by atoms with Gasteiger partial charge in [-0.3, -0.25) is 9.67 Å². The minimum absolute atomic E-state index is 0.516. The number of benzene rings is 1. The highest BCUT2D eigenvalue weighted by Gasteiger charge is 2.22. The maximum absolute atomic E-state index is 6.03. The van der Waals surface area contributed by atoms with Crippen LogP contribution in [-0.2, 0) is 13.5 Å². The Labute approximate surface area is 176 Å². The van der Waals surface area contributed by atoms with Crippen molar-refractivity contribution in [1.82, 2.24) is 20.0 Å². The summed E-state index contributed by atoms with van der Waals surface area (Å²) in [6, 6.07) is 5.31. The number of ether oxygens (including phenoxy) is 1. The topological polar surface area (TPSA) is 54.7 Å². The molecule has 1 aliphatic rings. The predicted octanol–water partition coefficient (Wildman–Crippen LogP) is 3.64. The number of aliphatic imine (C=N–C) groups is 1. The monoisotopic (exact) mass is 423 g/mol. The molecule has 0 aliphatic carbocycles. The molecule has 1 fully saturated rings. The molecule has 1 saturated heterocycles. The number of likely N-dealkylation sites (tertiary alicyclic amines) is 1. The molecule has 0 unspecified atom stereocenters. The standard InChI is InChI=1S/C20H27Cl2N5O/c1-23-20(24-6-3-16-12-25-26(2)13-16)27-7-4-15(5-8-27)14-28-19-10-17(21)9-18(22)11-19/h9-13,15H,3-8,14H2,1-2H3,(H,23,24). The first-order valence-electron chi connectivity index (χ1n) is 9.55. The van der Waals surface area contributed by atoms with Crippen LogP contribution < -0.4 is 10.1 Å². The van der Waals surface area contributed by atoms with Gasteiger partial charge in [-0.2, -0.15) is 5.10 Å². The molecular weight excluding hydrogens is 397 g/mol. The summed E-state index contributed by atoms with van der Waals surface area (Å²) in [5.74, 6) is 2.21. The number of guanidine groups is 1. The molecule has 0 atom stereocenters. The molecule has 1 aliphatic heterocycles. The van der Waals surface area contributed by atoms with Crippen molar-refractivity contribution in [2.75, 3.05) is 33.3 Å². The molecule has 6 nitrogen and oxygen atoms in total. The quantitative estimate of drug-likeness (QED) is 0.569. The van der Waals surface area contributed by atoms with Gasteiger partial charge in [-0.15, -0.1) is 0 Å². The van der Waals surface area contributed by atoms with Gasteiger partial charge in [0.05, 0.1) is 12.8 Å². The molecule has 3 rings (SSSR count). The van der Waals surface area contributed by atoms with Gasteiger partial charge in [0.2, 0.25) is 0 Å². The number of aromatic nitrogens is 2. The zero-order valence-electron chi connectivity index (χ0n) is 16.4. The molecule has 0 radical (unpaired) electrons. The number of rotatable bonds is 6. The van der Waals surface area contributed by atoms with Gasteiger partial charge in [-0.05, 0) is 48.9 Å². The molecule has 0 amide bonds. The number of piperidine rings is 1. The lowest BCUT2D eigenvalue weighted by molar-refractivity contribution is 0.179. The Balaban J connectivity index is 1.40. The second-order valence-corrected chi connectivity index (χ2v) is 7.97. The zero-order valence-corrected chi connectivity index (χ0v) is 17.9. The largest absolute Gasteiger partial charge is 0.493 e. The summed E-state index contributed by atoms with van der Waals surface area (Å²) in [6.07, 6.45) is 7.01. The summed E-state index contributed by atoms with van der Waals surface area (Å²) >= 11 is 12.1. The molecule has 1 aromatic heterocycles. The van der Waals surface area contributed by atoms with E-state index in [-0.39, 0.29) is 0 Å². The van der Waals surface area contributed by atoms with Gasteiger partial charge in [0.25, 0.3) is 0 Å². The molecule has 28 heavy (non-hydrogen) atoms. The van der Waals surface area contributed by atoms with Crippen molar-refractivity contribution in [3.05, 3.63) is 46.2 Å². The Bertz CT molecular complexity index is 779. The average molecular weight is 424 g/mol. The van der Waals surface area contributed by atoms with Crippen LogP contribution in [0.4, 0.5) is 0 Å². The van der Waals surface area contributed by atoms with Gasteiger partial charge in [0.15, 0.2) is 5.96 Å². The van der Waals surface area contributed by atoms with Crippen LogP contribution in [0.25, 0.3) is 0 Å². The number of nitrogens with one attached hydrogen (secondary N) is 1. The lowest BCUT2D eigenvalue weighted by Gasteiger charge is -2.34. The molecule has 2 aromatic rings. The minimum atomic E-state index is 0.516. The summed E-state index contributed by atoms with van der Waals surface area (Å²) in [5.41, 5.74) is 1.22. The first-order valence-corrected chi connectivity index (χ1v) is 10.3. The Morgan fingerprint density at radius 1 is 1.25 bits per heavy atom. The van der Waals surface area contributed by atoms with E-state index in [0.717, 1.165) is 50.6 Å². The Morgan fingerprint density at radius 2 is 1.96 bits per heavy atom. The third-order valence-corrected chi connectivity index (χ3v) is 5.34. The van der Waals surface area contributed by atoms with Crippen LogP contribution in [0.1, 0.15) is 18.4 Å². The second-order valence-electron chi connectivity index (χ2n) is 7.09. The van der Waals surface area contributed by atoms with E-state index in [1.54, 1.807) is 18.2 Å². The van der Waals surface area contributed by atoms with Gasteiger partial charge >= 0.3 is 0 Å². The number of hydrogen-bond donors (Lipinski definition) is 1. The summed E-state index contributed by atoms with van der Waals surface area (Å²) < 4.78 is 7.73. The van der Waals surface area contributed by atoms with E-state index in [1.165, 1.54) is 5.56 Å². The van der Waals surface area contributed by atoms with Gasteiger partial charge in [-0.25, -0.2) is 0 Å². The molecule has 0 spiro atoms. The van der Waals surface area contributed by atoms with Gasteiger partial charge in [0, 0.05) is 50.0 Å². The smallest absolute Gasteiger partial charge is 0.193 e. The van der Waals surface area contributed by atoms with Crippen LogP contribution in [0.5, 0.6) is 5.75 Å². The fourth-order valence-electron chi connectivity index (χ4n) is 3.39. The van der Waals surface area contributed by atoms with Gasteiger partial charge in [0.1, 0.15) is 5.75 Å². The van der Waals surface area contributed by atoms with Crippen molar-refractivity contribution in [3.8, 4) is 5.75 Å². The van der Waals surface area contributed by atoms with Crippen LogP contribution in [-0.4, -0.2) is 53.9 Å². The normalized spacial score (nSPS) is 15.7. The molecule has 1 N–H and O–H groups in total. The number of hydrogen-bond acceptors (Lipinski definition) is 3. The molecule has 2 heterocycles. The minimum Gasteiger partial charge on any atom is -0.493 e. The van der Waals surface area contributed by atoms with E-state index < -0.39 is 0 Å². The summed E-state index contributed by atoms with van der Waals surface area (Å²) in [5, 5.41) is 8.86. The highest BCUT2D eigenvalue weighted by atomic mass is 35.5. The lowest BCUT2D eigenvalue weighted by atomic mass is 9.98. The highest BCUT2D eigenvalue weighted by molar-refractivity contribution is 6.34. The van der Waals surface area contributed by atoms with E-state index in [0.29, 0.717) is 22.6 Å². The first-order chi connectivity index (χ1) is 13.5. The van der Waals surface area contributed by atoms with E-state index in [9.17, 15) is 0 Å². The van der Waals surface area contributed by atoms with E-state index in [1.807, 2.05) is 31.2 Å². The Morgan fingerprint density at radius 3 is 2.57 bits per heavy atom. The molecular formula is C20H27Cl2N5O.